The molecule has 1 aliphatic heterocycles. The molecule has 0 unspecified atom stereocenters. The summed E-state index contributed by atoms with van der Waals surface area (Å²) in [7, 11) is 1.83. The zero-order valence-electron chi connectivity index (χ0n) is 7.28. The lowest BCUT2D eigenvalue weighted by Crippen LogP contribution is -2.26. The summed E-state index contributed by atoms with van der Waals surface area (Å²) >= 11 is 0. The molecule has 0 saturated heterocycles. The van der Waals surface area contributed by atoms with Gasteiger partial charge in [0.1, 0.15) is 5.82 Å². The Morgan fingerprint density at radius 1 is 1.75 bits per heavy atom. The first-order valence-corrected chi connectivity index (χ1v) is 3.68. The van der Waals surface area contributed by atoms with Crippen LogP contribution < -0.4 is 5.32 Å². The lowest BCUT2D eigenvalue weighted by molar-refractivity contribution is 0.421. The Bertz CT molecular complexity index is 262. The topological polar surface area (TPSA) is 40.0 Å². The van der Waals surface area contributed by atoms with Crippen LogP contribution in [0.4, 0.5) is 0 Å². The van der Waals surface area contributed by atoms with Crippen molar-refractivity contribution >= 4 is 12.9 Å². The molecule has 1 rings (SSSR count). The van der Waals surface area contributed by atoms with Gasteiger partial charge in [0.05, 0.1) is 0 Å². The van der Waals surface area contributed by atoms with Crippen LogP contribution in [0.25, 0.3) is 0 Å². The van der Waals surface area contributed by atoms with Gasteiger partial charge in [-0.05, 0) is 19.1 Å². The van der Waals surface area contributed by atoms with Gasteiger partial charge < -0.3 is 5.32 Å². The van der Waals surface area contributed by atoms with E-state index in [1.165, 1.54) is 0 Å². The molecule has 0 aromatic carbocycles. The zero-order valence-corrected chi connectivity index (χ0v) is 7.28. The summed E-state index contributed by atoms with van der Waals surface area (Å²) in [6, 6.07) is 0. The van der Waals surface area contributed by atoms with Crippen molar-refractivity contribution in [1.82, 2.24) is 10.3 Å². The predicted molar refractivity (Wildman–Crippen MR) is 50.8 cm³/mol. The molecule has 64 valence electrons. The van der Waals surface area contributed by atoms with Crippen molar-refractivity contribution in [3.8, 4) is 0 Å². The molecule has 12 heavy (non-hydrogen) atoms. The molecule has 0 saturated carbocycles. The molecule has 0 aromatic rings. The summed E-state index contributed by atoms with van der Waals surface area (Å²) in [5, 5.41) is 8.45. The monoisotopic (exact) mass is 164 g/mol. The Balaban J connectivity index is 2.96. The molecule has 4 heteroatoms. The molecule has 0 bridgehead atoms. The van der Waals surface area contributed by atoms with Crippen LogP contribution >= 0.6 is 0 Å². The van der Waals surface area contributed by atoms with Crippen molar-refractivity contribution in [2.24, 2.45) is 10.1 Å². The van der Waals surface area contributed by atoms with Gasteiger partial charge in [-0.1, -0.05) is 0 Å². The molecule has 1 aliphatic rings. The van der Waals surface area contributed by atoms with Crippen LogP contribution in [0.15, 0.2) is 33.9 Å². The van der Waals surface area contributed by atoms with Crippen LogP contribution in [-0.4, -0.2) is 25.0 Å². The number of hydrazone groups is 1. The molecule has 0 amide bonds. The number of hydrogen-bond donors (Lipinski definition) is 1. The maximum Gasteiger partial charge on any atom is 0.151 e. The van der Waals surface area contributed by atoms with Crippen molar-refractivity contribution in [3.05, 3.63) is 23.8 Å². The molecular formula is C8H12N4. The highest BCUT2D eigenvalue weighted by molar-refractivity contribution is 5.74. The number of aliphatic imine (C=N–C) groups is 1. The van der Waals surface area contributed by atoms with Crippen LogP contribution in [0.1, 0.15) is 6.92 Å². The van der Waals surface area contributed by atoms with Crippen LogP contribution in [-0.2, 0) is 0 Å². The third-order valence-corrected chi connectivity index (χ3v) is 1.54. The van der Waals surface area contributed by atoms with Crippen molar-refractivity contribution in [3.63, 3.8) is 0 Å². The normalized spacial score (nSPS) is 19.3. The van der Waals surface area contributed by atoms with E-state index in [0.29, 0.717) is 0 Å². The van der Waals surface area contributed by atoms with E-state index in [9.17, 15) is 0 Å². The lowest BCUT2D eigenvalue weighted by atomic mass is 10.4. The van der Waals surface area contributed by atoms with Crippen LogP contribution in [0.3, 0.4) is 0 Å². The second kappa shape index (κ2) is 3.71. The van der Waals surface area contributed by atoms with E-state index < -0.39 is 0 Å². The minimum Gasteiger partial charge on any atom is -0.373 e. The lowest BCUT2D eigenvalue weighted by Gasteiger charge is -2.23. The molecule has 0 aromatic heterocycles. The molecule has 0 radical (unpaired) electrons. The molecule has 0 aliphatic carbocycles. The highest BCUT2D eigenvalue weighted by atomic mass is 15.5. The Morgan fingerprint density at radius 2 is 2.50 bits per heavy atom. The van der Waals surface area contributed by atoms with Gasteiger partial charge in [0.25, 0.3) is 0 Å². The molecule has 0 spiro atoms. The fourth-order valence-corrected chi connectivity index (χ4v) is 0.968. The molecule has 4 nitrogen and oxygen atoms in total. The fourth-order valence-electron chi connectivity index (χ4n) is 0.968. The standard InChI is InChI=1S/C8H12N4/c1-4-7-11-6-5-8(9-2)12(7)10-3/h4-6,9H,3H2,1-2H3/b7-4-. The molecule has 1 N–H and O–H groups in total. The van der Waals surface area contributed by atoms with Gasteiger partial charge in [0.15, 0.2) is 5.82 Å². The van der Waals surface area contributed by atoms with Crippen molar-refractivity contribution < 1.29 is 0 Å². The average Bonchev–Trinajstić information content (AvgIpc) is 2.16. The van der Waals surface area contributed by atoms with Gasteiger partial charge in [-0.25, -0.2) is 10.0 Å². The minimum absolute atomic E-state index is 0.775. The SMILES string of the molecule is C=NN1C(NC)=CC=N/C1=C/C. The van der Waals surface area contributed by atoms with Crippen molar-refractivity contribution in [1.29, 1.82) is 0 Å². The van der Waals surface area contributed by atoms with Gasteiger partial charge in [0.2, 0.25) is 0 Å². The van der Waals surface area contributed by atoms with E-state index in [0.717, 1.165) is 11.6 Å². The van der Waals surface area contributed by atoms with Gasteiger partial charge in [0, 0.05) is 20.0 Å². The Hall–Kier alpha value is -1.58. The van der Waals surface area contributed by atoms with E-state index in [4.69, 9.17) is 0 Å². The number of nitrogens with zero attached hydrogens (tertiary/aromatic N) is 3. The zero-order chi connectivity index (χ0) is 8.97. The number of hydrogen-bond acceptors (Lipinski definition) is 4. The first kappa shape index (κ1) is 8.52. The molecule has 0 atom stereocenters. The fraction of sp³-hybridized carbons (Fsp3) is 0.250. The van der Waals surface area contributed by atoms with E-state index in [2.05, 4.69) is 22.1 Å². The van der Waals surface area contributed by atoms with E-state index >= 15 is 0 Å². The quantitative estimate of drug-likeness (QED) is 0.616. The van der Waals surface area contributed by atoms with Crippen LogP contribution in [0.5, 0.6) is 0 Å². The molecular weight excluding hydrogens is 152 g/mol. The average molecular weight is 164 g/mol. The highest BCUT2D eigenvalue weighted by Crippen LogP contribution is 2.14. The van der Waals surface area contributed by atoms with E-state index in [1.807, 2.05) is 26.1 Å². The number of nitrogens with one attached hydrogen (secondary N) is 1. The summed E-state index contributed by atoms with van der Waals surface area (Å²) in [6.45, 7) is 5.37. The first-order valence-electron chi connectivity index (χ1n) is 3.68. The van der Waals surface area contributed by atoms with E-state index in [-0.39, 0.29) is 0 Å². The van der Waals surface area contributed by atoms with Crippen LogP contribution in [0, 0.1) is 0 Å². The van der Waals surface area contributed by atoms with Gasteiger partial charge in [-0.3, -0.25) is 0 Å². The Kier molecular flexibility index (Phi) is 2.63. The Labute approximate surface area is 72.0 Å². The number of rotatable bonds is 2. The second-order valence-electron chi connectivity index (χ2n) is 2.18. The maximum atomic E-state index is 4.11. The summed E-state index contributed by atoms with van der Waals surface area (Å²) in [5.41, 5.74) is 0. The van der Waals surface area contributed by atoms with Gasteiger partial charge in [-0.2, -0.15) is 5.10 Å². The number of allylic oxidation sites excluding steroid dienone is 2. The summed E-state index contributed by atoms with van der Waals surface area (Å²) in [6.07, 6.45) is 5.43. The van der Waals surface area contributed by atoms with Gasteiger partial charge >= 0.3 is 0 Å². The summed E-state index contributed by atoms with van der Waals surface area (Å²) < 4.78 is 0. The van der Waals surface area contributed by atoms with Crippen LogP contribution in [0.2, 0.25) is 0 Å². The van der Waals surface area contributed by atoms with E-state index in [1.54, 1.807) is 11.2 Å². The third kappa shape index (κ3) is 1.37. The highest BCUT2D eigenvalue weighted by Gasteiger charge is 2.12. The second-order valence-corrected chi connectivity index (χ2v) is 2.18. The Morgan fingerprint density at radius 3 is 3.00 bits per heavy atom. The summed E-state index contributed by atoms with van der Waals surface area (Å²) in [5.74, 6) is 1.64. The van der Waals surface area contributed by atoms with Crippen molar-refractivity contribution in [2.75, 3.05) is 7.05 Å². The largest absolute Gasteiger partial charge is 0.373 e. The third-order valence-electron chi connectivity index (χ3n) is 1.54. The van der Waals surface area contributed by atoms with Crippen molar-refractivity contribution in [2.45, 2.75) is 6.92 Å². The molecule has 1 heterocycles. The minimum atomic E-state index is 0.775. The molecule has 0 fully saturated rings. The first-order chi connectivity index (χ1) is 5.83. The maximum absolute atomic E-state index is 4.11. The predicted octanol–water partition coefficient (Wildman–Crippen LogP) is 0.911. The smallest absolute Gasteiger partial charge is 0.151 e. The van der Waals surface area contributed by atoms with Gasteiger partial charge in [-0.15, -0.1) is 0 Å². The summed E-state index contributed by atoms with van der Waals surface area (Å²) in [4.78, 5) is 4.11.